The maximum absolute atomic E-state index is 9.56. The first kappa shape index (κ1) is 10.8. The number of thiazole rings is 1. The van der Waals surface area contributed by atoms with Crippen molar-refractivity contribution in [3.63, 3.8) is 0 Å². The van der Waals surface area contributed by atoms with E-state index in [4.69, 9.17) is 0 Å². The lowest BCUT2D eigenvalue weighted by Crippen LogP contribution is -2.00. The predicted octanol–water partition coefficient (Wildman–Crippen LogP) is 2.31. The van der Waals surface area contributed by atoms with Crippen molar-refractivity contribution in [3.8, 4) is 5.88 Å². The van der Waals surface area contributed by atoms with Crippen molar-refractivity contribution >= 4 is 22.4 Å². The van der Waals surface area contributed by atoms with Gasteiger partial charge < -0.3 is 5.11 Å². The Morgan fingerprint density at radius 1 is 1.19 bits per heavy atom. The van der Waals surface area contributed by atoms with E-state index in [1.165, 1.54) is 11.3 Å². The summed E-state index contributed by atoms with van der Waals surface area (Å²) in [5, 5.41) is 15.2. The van der Waals surface area contributed by atoms with E-state index in [0.717, 1.165) is 16.5 Å². The number of nitrogens with zero attached hydrogens (tertiary/aromatic N) is 3. The van der Waals surface area contributed by atoms with Crippen molar-refractivity contribution in [2.45, 2.75) is 20.8 Å². The molecule has 0 saturated heterocycles. The Morgan fingerprint density at radius 2 is 1.94 bits per heavy atom. The van der Waals surface area contributed by atoms with E-state index in [1.807, 2.05) is 19.2 Å². The Balaban J connectivity index is 2.28. The van der Waals surface area contributed by atoms with Gasteiger partial charge in [-0.1, -0.05) is 0 Å². The highest BCUT2D eigenvalue weighted by Gasteiger charge is 2.07. The second kappa shape index (κ2) is 4.05. The molecule has 2 N–H and O–H groups in total. The van der Waals surface area contributed by atoms with Gasteiger partial charge >= 0.3 is 0 Å². The SMILES string of the molecule is Cc1csc(Nc2nc(C)c(C)c(O)n2)n1. The van der Waals surface area contributed by atoms with E-state index in [-0.39, 0.29) is 5.88 Å². The monoisotopic (exact) mass is 236 g/mol. The topological polar surface area (TPSA) is 70.9 Å². The number of nitrogens with one attached hydrogen (secondary N) is 1. The molecule has 0 atom stereocenters. The van der Waals surface area contributed by atoms with Crippen molar-refractivity contribution < 1.29 is 5.11 Å². The molecule has 2 aromatic rings. The van der Waals surface area contributed by atoms with Crippen LogP contribution in [0, 0.1) is 20.8 Å². The molecule has 16 heavy (non-hydrogen) atoms. The van der Waals surface area contributed by atoms with Gasteiger partial charge in [0.15, 0.2) is 5.13 Å². The maximum atomic E-state index is 9.56. The number of hydrogen-bond donors (Lipinski definition) is 2. The smallest absolute Gasteiger partial charge is 0.232 e. The molecular formula is C10H12N4OS. The minimum atomic E-state index is 0.00304. The third-order valence-electron chi connectivity index (χ3n) is 2.20. The molecular weight excluding hydrogens is 224 g/mol. The molecule has 0 aliphatic rings. The first-order chi connectivity index (χ1) is 7.56. The van der Waals surface area contributed by atoms with Crippen LogP contribution in [0.25, 0.3) is 0 Å². The Bertz CT molecular complexity index is 500. The van der Waals surface area contributed by atoms with Gasteiger partial charge in [0.25, 0.3) is 0 Å². The molecule has 6 heteroatoms. The Kier molecular flexibility index (Phi) is 2.74. The van der Waals surface area contributed by atoms with Gasteiger partial charge in [0.2, 0.25) is 11.8 Å². The zero-order valence-corrected chi connectivity index (χ0v) is 10.1. The zero-order valence-electron chi connectivity index (χ0n) is 9.27. The lowest BCUT2D eigenvalue weighted by Gasteiger charge is -2.05. The molecule has 0 aliphatic heterocycles. The normalized spacial score (nSPS) is 10.4. The fraction of sp³-hybridized carbons (Fsp3) is 0.300. The number of hydrogen-bond acceptors (Lipinski definition) is 6. The predicted molar refractivity (Wildman–Crippen MR) is 63.3 cm³/mol. The summed E-state index contributed by atoms with van der Waals surface area (Å²) in [5.41, 5.74) is 2.39. The van der Waals surface area contributed by atoms with Crippen molar-refractivity contribution in [2.75, 3.05) is 5.32 Å². The van der Waals surface area contributed by atoms with E-state index < -0.39 is 0 Å². The highest BCUT2D eigenvalue weighted by molar-refractivity contribution is 7.13. The van der Waals surface area contributed by atoms with Crippen LogP contribution in [0.15, 0.2) is 5.38 Å². The van der Waals surface area contributed by atoms with Gasteiger partial charge in [-0.15, -0.1) is 11.3 Å². The van der Waals surface area contributed by atoms with E-state index in [2.05, 4.69) is 20.3 Å². The molecule has 2 heterocycles. The highest BCUT2D eigenvalue weighted by Crippen LogP contribution is 2.22. The summed E-state index contributed by atoms with van der Waals surface area (Å²) in [7, 11) is 0. The lowest BCUT2D eigenvalue weighted by atomic mass is 10.3. The van der Waals surface area contributed by atoms with Crippen molar-refractivity contribution in [2.24, 2.45) is 0 Å². The van der Waals surface area contributed by atoms with E-state index in [9.17, 15) is 5.11 Å². The maximum Gasteiger partial charge on any atom is 0.232 e. The molecule has 0 radical (unpaired) electrons. The molecule has 2 rings (SSSR count). The second-order valence-corrected chi connectivity index (χ2v) is 4.36. The average molecular weight is 236 g/mol. The molecule has 0 aromatic carbocycles. The van der Waals surface area contributed by atoms with Crippen LogP contribution < -0.4 is 5.32 Å². The number of aromatic nitrogens is 3. The molecule has 2 aromatic heterocycles. The highest BCUT2D eigenvalue weighted by atomic mass is 32.1. The molecule has 0 amide bonds. The first-order valence-electron chi connectivity index (χ1n) is 4.79. The zero-order chi connectivity index (χ0) is 11.7. The molecule has 0 fully saturated rings. The summed E-state index contributed by atoms with van der Waals surface area (Å²) in [4.78, 5) is 12.4. The van der Waals surface area contributed by atoms with E-state index in [1.54, 1.807) is 6.92 Å². The summed E-state index contributed by atoms with van der Waals surface area (Å²) in [6.45, 7) is 5.53. The lowest BCUT2D eigenvalue weighted by molar-refractivity contribution is 0.447. The van der Waals surface area contributed by atoms with Crippen LogP contribution in [-0.4, -0.2) is 20.1 Å². The standard InChI is InChI=1S/C10H12N4OS/c1-5-4-16-10(11-5)14-9-12-7(3)6(2)8(15)13-9/h4H,1-3H3,(H2,11,12,13,14,15). The van der Waals surface area contributed by atoms with Crippen molar-refractivity contribution in [3.05, 3.63) is 22.3 Å². The van der Waals surface area contributed by atoms with Crippen molar-refractivity contribution in [1.29, 1.82) is 0 Å². The number of aryl methyl sites for hydroxylation is 2. The summed E-state index contributed by atoms with van der Waals surface area (Å²) in [6.07, 6.45) is 0. The van der Waals surface area contributed by atoms with Crippen LogP contribution in [0.5, 0.6) is 5.88 Å². The molecule has 5 nitrogen and oxygen atoms in total. The average Bonchev–Trinajstić information content (AvgIpc) is 2.60. The van der Waals surface area contributed by atoms with Gasteiger partial charge in [0, 0.05) is 16.6 Å². The second-order valence-electron chi connectivity index (χ2n) is 3.50. The van der Waals surface area contributed by atoms with E-state index in [0.29, 0.717) is 11.5 Å². The van der Waals surface area contributed by atoms with Crippen LogP contribution in [0.1, 0.15) is 17.0 Å². The number of aromatic hydroxyl groups is 1. The fourth-order valence-electron chi connectivity index (χ4n) is 1.18. The summed E-state index contributed by atoms with van der Waals surface area (Å²) < 4.78 is 0. The summed E-state index contributed by atoms with van der Waals surface area (Å²) in [6, 6.07) is 0. The van der Waals surface area contributed by atoms with Gasteiger partial charge in [-0.05, 0) is 20.8 Å². The molecule has 0 bridgehead atoms. The molecule has 0 saturated carbocycles. The van der Waals surface area contributed by atoms with Crippen LogP contribution in [0.4, 0.5) is 11.1 Å². The molecule has 84 valence electrons. The van der Waals surface area contributed by atoms with E-state index >= 15 is 0 Å². The van der Waals surface area contributed by atoms with Crippen LogP contribution in [-0.2, 0) is 0 Å². The largest absolute Gasteiger partial charge is 0.493 e. The Labute approximate surface area is 97.2 Å². The van der Waals surface area contributed by atoms with Crippen molar-refractivity contribution in [1.82, 2.24) is 15.0 Å². The summed E-state index contributed by atoms with van der Waals surface area (Å²) >= 11 is 1.48. The first-order valence-corrected chi connectivity index (χ1v) is 5.67. The fourth-order valence-corrected chi connectivity index (χ4v) is 1.86. The van der Waals surface area contributed by atoms with Crippen LogP contribution >= 0.6 is 11.3 Å². The van der Waals surface area contributed by atoms with Gasteiger partial charge in [0.1, 0.15) is 0 Å². The number of rotatable bonds is 2. The summed E-state index contributed by atoms with van der Waals surface area (Å²) in [5.74, 6) is 0.373. The van der Waals surface area contributed by atoms with Crippen LogP contribution in [0.3, 0.4) is 0 Å². The van der Waals surface area contributed by atoms with Gasteiger partial charge in [-0.2, -0.15) is 4.98 Å². The Hall–Kier alpha value is -1.69. The third kappa shape index (κ3) is 2.11. The quantitative estimate of drug-likeness (QED) is 0.837. The third-order valence-corrected chi connectivity index (χ3v) is 3.08. The van der Waals surface area contributed by atoms with Gasteiger partial charge in [-0.25, -0.2) is 9.97 Å². The minimum absolute atomic E-state index is 0.00304. The molecule has 0 aliphatic carbocycles. The Morgan fingerprint density at radius 3 is 2.50 bits per heavy atom. The molecule has 0 spiro atoms. The minimum Gasteiger partial charge on any atom is -0.493 e. The molecule has 0 unspecified atom stereocenters. The van der Waals surface area contributed by atoms with Gasteiger partial charge in [0.05, 0.1) is 5.69 Å². The number of anilines is 2. The van der Waals surface area contributed by atoms with Gasteiger partial charge in [-0.3, -0.25) is 5.32 Å². The van der Waals surface area contributed by atoms with Crippen LogP contribution in [0.2, 0.25) is 0 Å².